The molecule has 2 aromatic carbocycles. The molecule has 0 unspecified atom stereocenters. The van der Waals surface area contributed by atoms with Crippen molar-refractivity contribution < 1.29 is 9.53 Å². The molecule has 4 rings (SSSR count). The molecule has 2 fully saturated rings. The molecule has 0 spiro atoms. The molecule has 0 N–H and O–H groups in total. The fourth-order valence-corrected chi connectivity index (χ4v) is 3.80. The van der Waals surface area contributed by atoms with Crippen LogP contribution in [0, 0.1) is 17.2 Å². The first kappa shape index (κ1) is 17.8. The van der Waals surface area contributed by atoms with E-state index in [4.69, 9.17) is 10.00 Å². The molecule has 2 atom stereocenters. The highest BCUT2D eigenvalue weighted by Gasteiger charge is 2.39. The molecule has 4 heteroatoms. The first-order valence-electron chi connectivity index (χ1n) is 9.71. The average Bonchev–Trinajstić information content (AvgIpc) is 3.47. The Kier molecular flexibility index (Phi) is 5.22. The van der Waals surface area contributed by atoms with Gasteiger partial charge in [-0.15, -0.1) is 0 Å². The lowest BCUT2D eigenvalue weighted by atomic mass is 10.0. The van der Waals surface area contributed by atoms with Crippen molar-refractivity contribution in [2.24, 2.45) is 5.92 Å². The molecule has 1 aliphatic carbocycles. The Labute approximate surface area is 160 Å². The first-order chi connectivity index (χ1) is 13.2. The lowest BCUT2D eigenvalue weighted by molar-refractivity contribution is 0.0200. The minimum absolute atomic E-state index is 0.00875. The number of carbonyl (C=O) groups excluding carboxylic acids is 1. The SMILES string of the molecule is N#Cc1cccc(C(=O)N2CC[C@@H](OCC3CC3)[C@@H]2Cc2ccccc2)c1. The van der Waals surface area contributed by atoms with Crippen LogP contribution in [0.25, 0.3) is 0 Å². The lowest BCUT2D eigenvalue weighted by Crippen LogP contribution is -2.42. The Morgan fingerprint density at radius 1 is 1.11 bits per heavy atom. The van der Waals surface area contributed by atoms with Crippen LogP contribution in [-0.2, 0) is 11.2 Å². The Hall–Kier alpha value is -2.64. The Bertz CT molecular complexity index is 839. The second-order valence-corrected chi connectivity index (χ2v) is 7.55. The van der Waals surface area contributed by atoms with Crippen LogP contribution in [-0.4, -0.2) is 36.1 Å². The van der Waals surface area contributed by atoms with Crippen molar-refractivity contribution in [1.29, 1.82) is 5.26 Å². The highest BCUT2D eigenvalue weighted by Crippen LogP contribution is 2.32. The van der Waals surface area contributed by atoms with Crippen molar-refractivity contribution in [3.63, 3.8) is 0 Å². The van der Waals surface area contributed by atoms with E-state index in [0.29, 0.717) is 23.6 Å². The van der Waals surface area contributed by atoms with Crippen LogP contribution in [0.2, 0.25) is 0 Å². The van der Waals surface area contributed by atoms with E-state index in [-0.39, 0.29) is 18.1 Å². The van der Waals surface area contributed by atoms with Crippen LogP contribution < -0.4 is 0 Å². The number of ether oxygens (including phenoxy) is 1. The van der Waals surface area contributed by atoms with Crippen LogP contribution in [0.15, 0.2) is 54.6 Å². The van der Waals surface area contributed by atoms with E-state index in [1.54, 1.807) is 24.3 Å². The van der Waals surface area contributed by atoms with E-state index in [1.807, 2.05) is 23.1 Å². The maximum absolute atomic E-state index is 13.2. The zero-order chi connectivity index (χ0) is 18.6. The number of hydrogen-bond donors (Lipinski definition) is 0. The number of benzene rings is 2. The maximum Gasteiger partial charge on any atom is 0.254 e. The van der Waals surface area contributed by atoms with Crippen molar-refractivity contribution >= 4 is 5.91 Å². The van der Waals surface area contributed by atoms with Crippen molar-refractivity contribution in [1.82, 2.24) is 4.90 Å². The van der Waals surface area contributed by atoms with E-state index in [0.717, 1.165) is 19.4 Å². The second-order valence-electron chi connectivity index (χ2n) is 7.55. The molecular formula is C23H24N2O2. The number of rotatable bonds is 6. The third kappa shape index (κ3) is 4.20. The van der Waals surface area contributed by atoms with Crippen LogP contribution >= 0.6 is 0 Å². The average molecular weight is 360 g/mol. The molecule has 1 heterocycles. The molecule has 138 valence electrons. The smallest absolute Gasteiger partial charge is 0.254 e. The summed E-state index contributed by atoms with van der Waals surface area (Å²) in [5.74, 6) is 0.699. The standard InChI is InChI=1S/C23H24N2O2/c24-15-19-7-4-8-20(13-19)23(26)25-12-11-22(27-16-18-9-10-18)21(25)14-17-5-2-1-3-6-17/h1-8,13,18,21-22H,9-12,14,16H2/t21-,22+/m0/s1. The summed E-state index contributed by atoms with van der Waals surface area (Å²) in [7, 11) is 0. The van der Waals surface area contributed by atoms with Gasteiger partial charge in [-0.1, -0.05) is 36.4 Å². The highest BCUT2D eigenvalue weighted by molar-refractivity contribution is 5.95. The first-order valence-corrected chi connectivity index (χ1v) is 9.71. The number of nitriles is 1. The summed E-state index contributed by atoms with van der Waals surface area (Å²) in [6.45, 7) is 1.50. The Balaban J connectivity index is 1.54. The van der Waals surface area contributed by atoms with Crippen LogP contribution in [0.3, 0.4) is 0 Å². The topological polar surface area (TPSA) is 53.3 Å². The van der Waals surface area contributed by atoms with E-state index in [9.17, 15) is 4.79 Å². The third-order valence-electron chi connectivity index (χ3n) is 5.51. The number of likely N-dealkylation sites (tertiary alicyclic amines) is 1. The molecule has 27 heavy (non-hydrogen) atoms. The summed E-state index contributed by atoms with van der Waals surface area (Å²) in [5.41, 5.74) is 2.31. The quantitative estimate of drug-likeness (QED) is 0.787. The zero-order valence-corrected chi connectivity index (χ0v) is 15.4. The number of carbonyl (C=O) groups is 1. The molecule has 1 aliphatic heterocycles. The van der Waals surface area contributed by atoms with E-state index < -0.39 is 0 Å². The number of hydrogen-bond acceptors (Lipinski definition) is 3. The van der Waals surface area contributed by atoms with Crippen molar-refractivity contribution in [2.75, 3.05) is 13.2 Å². The van der Waals surface area contributed by atoms with E-state index >= 15 is 0 Å². The molecule has 2 aromatic rings. The summed E-state index contributed by atoms with van der Waals surface area (Å²) in [4.78, 5) is 15.1. The molecule has 0 aromatic heterocycles. The van der Waals surface area contributed by atoms with Gasteiger partial charge in [0.25, 0.3) is 5.91 Å². The number of nitrogens with zero attached hydrogens (tertiary/aromatic N) is 2. The van der Waals surface area contributed by atoms with Crippen molar-refractivity contribution in [2.45, 2.75) is 37.8 Å². The molecule has 1 saturated heterocycles. The van der Waals surface area contributed by atoms with Gasteiger partial charge in [0.2, 0.25) is 0 Å². The molecular weight excluding hydrogens is 336 g/mol. The monoisotopic (exact) mass is 360 g/mol. The number of amides is 1. The maximum atomic E-state index is 13.2. The van der Waals surface area contributed by atoms with Gasteiger partial charge in [-0.05, 0) is 55.4 Å². The predicted octanol–water partition coefficient (Wildman–Crippen LogP) is 3.81. The normalized spacial score (nSPS) is 21.8. The van der Waals surface area contributed by atoms with Crippen LogP contribution in [0.1, 0.15) is 40.7 Å². The summed E-state index contributed by atoms with van der Waals surface area (Å²) in [5, 5.41) is 9.13. The Morgan fingerprint density at radius 2 is 1.93 bits per heavy atom. The van der Waals surface area contributed by atoms with Gasteiger partial charge >= 0.3 is 0 Å². The van der Waals surface area contributed by atoms with Crippen LogP contribution in [0.5, 0.6) is 0 Å². The van der Waals surface area contributed by atoms with Crippen molar-refractivity contribution in [3.8, 4) is 6.07 Å². The molecule has 0 radical (unpaired) electrons. The second kappa shape index (κ2) is 7.94. The molecule has 2 aliphatic rings. The Morgan fingerprint density at radius 3 is 2.67 bits per heavy atom. The summed E-state index contributed by atoms with van der Waals surface area (Å²) >= 11 is 0. The van der Waals surface area contributed by atoms with Gasteiger partial charge in [-0.25, -0.2) is 0 Å². The lowest BCUT2D eigenvalue weighted by Gasteiger charge is -2.28. The van der Waals surface area contributed by atoms with Gasteiger partial charge in [0, 0.05) is 18.7 Å². The highest BCUT2D eigenvalue weighted by atomic mass is 16.5. The van der Waals surface area contributed by atoms with Crippen molar-refractivity contribution in [3.05, 3.63) is 71.3 Å². The largest absolute Gasteiger partial charge is 0.376 e. The molecule has 1 saturated carbocycles. The summed E-state index contributed by atoms with van der Waals surface area (Å²) in [6, 6.07) is 19.4. The summed E-state index contributed by atoms with van der Waals surface area (Å²) < 4.78 is 6.23. The minimum atomic E-state index is -0.00875. The van der Waals surface area contributed by atoms with Gasteiger partial charge in [0.05, 0.1) is 23.8 Å². The summed E-state index contributed by atoms with van der Waals surface area (Å²) in [6.07, 6.45) is 4.27. The van der Waals surface area contributed by atoms with Gasteiger partial charge < -0.3 is 9.64 Å². The fraction of sp³-hybridized carbons (Fsp3) is 0.391. The zero-order valence-electron chi connectivity index (χ0n) is 15.4. The van der Waals surface area contributed by atoms with Gasteiger partial charge in [0.1, 0.15) is 0 Å². The third-order valence-corrected chi connectivity index (χ3v) is 5.51. The van der Waals surface area contributed by atoms with Gasteiger partial charge in [-0.3, -0.25) is 4.79 Å². The molecule has 4 nitrogen and oxygen atoms in total. The van der Waals surface area contributed by atoms with Gasteiger partial charge in [0.15, 0.2) is 0 Å². The fourth-order valence-electron chi connectivity index (χ4n) is 3.80. The van der Waals surface area contributed by atoms with E-state index in [1.165, 1.54) is 18.4 Å². The van der Waals surface area contributed by atoms with E-state index in [2.05, 4.69) is 18.2 Å². The predicted molar refractivity (Wildman–Crippen MR) is 103 cm³/mol. The molecule has 0 bridgehead atoms. The minimum Gasteiger partial charge on any atom is -0.376 e. The van der Waals surface area contributed by atoms with Crippen LogP contribution in [0.4, 0.5) is 0 Å². The van der Waals surface area contributed by atoms with Gasteiger partial charge in [-0.2, -0.15) is 5.26 Å². The molecule has 1 amide bonds.